The van der Waals surface area contributed by atoms with Gasteiger partial charge in [0.15, 0.2) is 11.6 Å². The number of nitrogens with zero attached hydrogens (tertiary/aromatic N) is 3. The summed E-state index contributed by atoms with van der Waals surface area (Å²) in [5.41, 5.74) is 4.35. The molecule has 0 radical (unpaired) electrons. The van der Waals surface area contributed by atoms with E-state index >= 15 is 0 Å². The van der Waals surface area contributed by atoms with Crippen LogP contribution in [0.3, 0.4) is 0 Å². The number of aryl methyl sites for hydroxylation is 1. The van der Waals surface area contributed by atoms with E-state index in [4.69, 9.17) is 4.84 Å². The van der Waals surface area contributed by atoms with Crippen molar-refractivity contribution < 1.29 is 15.1 Å². The molecule has 0 amide bonds. The Hall–Kier alpha value is -3.56. The van der Waals surface area contributed by atoms with Crippen LogP contribution in [0.25, 0.3) is 4.91 Å². The van der Waals surface area contributed by atoms with Gasteiger partial charge in [0.25, 0.3) is 5.56 Å². The molecule has 0 bridgehead atoms. The Balaban J connectivity index is 2.28. The van der Waals surface area contributed by atoms with E-state index in [0.29, 0.717) is 16.2 Å². The highest BCUT2D eigenvalue weighted by molar-refractivity contribution is 8.07. The zero-order valence-corrected chi connectivity index (χ0v) is 19.7. The van der Waals surface area contributed by atoms with E-state index in [1.165, 1.54) is 29.6 Å². The van der Waals surface area contributed by atoms with Crippen molar-refractivity contribution in [1.82, 2.24) is 15.3 Å². The average Bonchev–Trinajstić information content (AvgIpc) is 2.80. The normalized spacial score (nSPS) is 12.1. The second kappa shape index (κ2) is 10.8. The van der Waals surface area contributed by atoms with Crippen molar-refractivity contribution in [3.05, 3.63) is 87.3 Å². The number of allylic oxidation sites excluding steroid dienone is 1. The summed E-state index contributed by atoms with van der Waals surface area (Å²) in [6.07, 6.45) is 3.68. The quantitative estimate of drug-likeness (QED) is 0.275. The third-order valence-electron chi connectivity index (χ3n) is 4.87. The third-order valence-corrected chi connectivity index (χ3v) is 5.74. The Bertz CT molecular complexity index is 1250. The molecule has 0 unspecified atom stereocenters. The van der Waals surface area contributed by atoms with Gasteiger partial charge in [-0.3, -0.25) is 9.63 Å². The van der Waals surface area contributed by atoms with Gasteiger partial charge in [0.05, 0.1) is 19.3 Å². The maximum Gasteiger partial charge on any atom is 0.282 e. The van der Waals surface area contributed by atoms with E-state index in [0.717, 1.165) is 5.56 Å². The molecule has 172 valence electrons. The molecule has 0 aliphatic rings. The SMILES string of the molecule is C/C=C(\SC)c1nn(Cc2ccccc2)c(=O)c(C(=Nc2ccc(O)cc2C)NOC)c1O. The highest BCUT2D eigenvalue weighted by atomic mass is 32.2. The Morgan fingerprint density at radius 3 is 2.58 bits per heavy atom. The van der Waals surface area contributed by atoms with Gasteiger partial charge >= 0.3 is 0 Å². The van der Waals surface area contributed by atoms with Crippen molar-refractivity contribution in [3.63, 3.8) is 0 Å². The molecule has 33 heavy (non-hydrogen) atoms. The summed E-state index contributed by atoms with van der Waals surface area (Å²) in [7, 11) is 1.39. The molecule has 3 rings (SSSR count). The second-order valence-electron chi connectivity index (χ2n) is 7.12. The van der Waals surface area contributed by atoms with Crippen LogP contribution in [0.4, 0.5) is 5.69 Å². The van der Waals surface area contributed by atoms with Gasteiger partial charge in [-0.2, -0.15) is 5.10 Å². The van der Waals surface area contributed by atoms with Crippen LogP contribution < -0.4 is 11.0 Å². The number of hydroxylamine groups is 1. The standard InChI is InChI=1S/C24H26N4O4S/c1-5-19(33-4)21-22(30)20(24(31)28(26-21)14-16-9-7-6-8-10-16)23(27-32-3)25-18-12-11-17(29)13-15(18)2/h5-13,29-30H,14H2,1-4H3,(H,25,27)/b19-5-. The highest BCUT2D eigenvalue weighted by Gasteiger charge is 2.24. The van der Waals surface area contributed by atoms with Crippen LogP contribution in [0.15, 0.2) is 64.4 Å². The molecular formula is C24H26N4O4S. The first kappa shape index (κ1) is 24.1. The fraction of sp³-hybridized carbons (Fsp3) is 0.208. The van der Waals surface area contributed by atoms with Gasteiger partial charge in [0.2, 0.25) is 0 Å². The summed E-state index contributed by atoms with van der Waals surface area (Å²) in [4.78, 5) is 23.8. The number of aliphatic imine (C=N–C) groups is 1. The van der Waals surface area contributed by atoms with Crippen LogP contribution >= 0.6 is 11.8 Å². The topological polar surface area (TPSA) is 109 Å². The lowest BCUT2D eigenvalue weighted by Crippen LogP contribution is -2.35. The molecule has 8 nitrogen and oxygen atoms in total. The minimum Gasteiger partial charge on any atom is -0.508 e. The molecule has 0 saturated carbocycles. The minimum atomic E-state index is -0.531. The Kier molecular flexibility index (Phi) is 7.92. The van der Waals surface area contributed by atoms with Crippen molar-refractivity contribution in [2.75, 3.05) is 13.4 Å². The highest BCUT2D eigenvalue weighted by Crippen LogP contribution is 2.32. The Labute approximate surface area is 196 Å². The van der Waals surface area contributed by atoms with Crippen molar-refractivity contribution in [1.29, 1.82) is 0 Å². The van der Waals surface area contributed by atoms with E-state index < -0.39 is 5.56 Å². The molecule has 0 saturated heterocycles. The zero-order valence-electron chi connectivity index (χ0n) is 18.9. The summed E-state index contributed by atoms with van der Waals surface area (Å²) < 4.78 is 1.30. The molecule has 3 aromatic rings. The third kappa shape index (κ3) is 5.44. The first-order chi connectivity index (χ1) is 15.9. The number of thioether (sulfide) groups is 1. The molecule has 0 fully saturated rings. The lowest BCUT2D eigenvalue weighted by molar-refractivity contribution is 0.144. The lowest BCUT2D eigenvalue weighted by Gasteiger charge is -2.16. The molecule has 0 spiro atoms. The molecular weight excluding hydrogens is 440 g/mol. The predicted octanol–water partition coefficient (Wildman–Crippen LogP) is 3.96. The smallest absolute Gasteiger partial charge is 0.282 e. The van der Waals surface area contributed by atoms with Crippen molar-refractivity contribution in [2.45, 2.75) is 20.4 Å². The monoisotopic (exact) mass is 466 g/mol. The summed E-state index contributed by atoms with van der Waals surface area (Å²) in [5, 5.41) is 25.3. The maximum atomic E-state index is 13.5. The van der Waals surface area contributed by atoms with Crippen LogP contribution in [-0.2, 0) is 11.4 Å². The van der Waals surface area contributed by atoms with Crippen LogP contribution in [0, 0.1) is 6.92 Å². The number of benzene rings is 2. The molecule has 2 aromatic carbocycles. The predicted molar refractivity (Wildman–Crippen MR) is 132 cm³/mol. The first-order valence-corrected chi connectivity index (χ1v) is 11.4. The number of hydrogen-bond donors (Lipinski definition) is 3. The molecule has 0 atom stereocenters. The summed E-state index contributed by atoms with van der Waals surface area (Å²) in [6, 6.07) is 14.1. The van der Waals surface area contributed by atoms with Gasteiger partial charge in [-0.15, -0.1) is 11.8 Å². The fourth-order valence-corrected chi connectivity index (χ4v) is 3.83. The van der Waals surface area contributed by atoms with Crippen LogP contribution in [-0.4, -0.2) is 39.2 Å². The van der Waals surface area contributed by atoms with E-state index in [1.807, 2.05) is 49.6 Å². The number of nitrogens with one attached hydrogen (secondary N) is 1. The second-order valence-corrected chi connectivity index (χ2v) is 7.96. The van der Waals surface area contributed by atoms with Gasteiger partial charge in [-0.1, -0.05) is 36.4 Å². The van der Waals surface area contributed by atoms with Gasteiger partial charge < -0.3 is 10.2 Å². The summed E-state index contributed by atoms with van der Waals surface area (Å²) in [5.74, 6) is -0.174. The number of hydrogen-bond acceptors (Lipinski definition) is 7. The Morgan fingerprint density at radius 2 is 1.97 bits per heavy atom. The number of amidine groups is 1. The van der Waals surface area contributed by atoms with Gasteiger partial charge in [0.1, 0.15) is 17.0 Å². The molecule has 1 heterocycles. The molecule has 0 aliphatic heterocycles. The fourth-order valence-electron chi connectivity index (χ4n) is 3.27. The van der Waals surface area contributed by atoms with Crippen molar-refractivity contribution in [3.8, 4) is 11.5 Å². The minimum absolute atomic E-state index is 0.0239. The lowest BCUT2D eigenvalue weighted by atomic mass is 10.1. The Morgan fingerprint density at radius 1 is 1.24 bits per heavy atom. The van der Waals surface area contributed by atoms with E-state index in [1.54, 1.807) is 19.1 Å². The first-order valence-electron chi connectivity index (χ1n) is 10.2. The van der Waals surface area contributed by atoms with E-state index in [9.17, 15) is 15.0 Å². The summed E-state index contributed by atoms with van der Waals surface area (Å²) in [6.45, 7) is 3.82. The van der Waals surface area contributed by atoms with Crippen LogP contribution in [0.1, 0.15) is 29.3 Å². The number of phenols is 1. The van der Waals surface area contributed by atoms with Crippen molar-refractivity contribution in [2.24, 2.45) is 4.99 Å². The van der Waals surface area contributed by atoms with Crippen LogP contribution in [0.5, 0.6) is 11.5 Å². The van der Waals surface area contributed by atoms with E-state index in [2.05, 4.69) is 15.6 Å². The summed E-state index contributed by atoms with van der Waals surface area (Å²) >= 11 is 1.40. The largest absolute Gasteiger partial charge is 0.508 e. The van der Waals surface area contributed by atoms with E-state index in [-0.39, 0.29) is 35.1 Å². The number of aromatic nitrogens is 2. The molecule has 1 aromatic heterocycles. The van der Waals surface area contributed by atoms with Crippen molar-refractivity contribution >= 4 is 28.2 Å². The van der Waals surface area contributed by atoms with Gasteiger partial charge in [-0.05, 0) is 49.4 Å². The zero-order chi connectivity index (χ0) is 24.0. The molecule has 3 N–H and O–H groups in total. The number of rotatable bonds is 7. The van der Waals surface area contributed by atoms with Gasteiger partial charge in [0, 0.05) is 4.91 Å². The van der Waals surface area contributed by atoms with Crippen LogP contribution in [0.2, 0.25) is 0 Å². The van der Waals surface area contributed by atoms with Gasteiger partial charge in [-0.25, -0.2) is 15.2 Å². The molecule has 9 heteroatoms. The molecule has 0 aliphatic carbocycles. The number of phenolic OH excluding ortho intramolecular Hbond substituents is 1. The maximum absolute atomic E-state index is 13.5. The average molecular weight is 467 g/mol. The number of aromatic hydroxyl groups is 2.